The van der Waals surface area contributed by atoms with Gasteiger partial charge < -0.3 is 9.64 Å². The minimum Gasteiger partial charge on any atom is -0.378 e. The fraction of sp³-hybridized carbons (Fsp3) is 0.286. The van der Waals surface area contributed by atoms with Gasteiger partial charge in [0.05, 0.1) is 31.1 Å². The van der Waals surface area contributed by atoms with Crippen LogP contribution < -0.4 is 5.56 Å². The van der Waals surface area contributed by atoms with Crippen LogP contribution in [0.2, 0.25) is 5.02 Å². The number of hydrogen-bond donors (Lipinski definition) is 0. The molecular weight excluding hydrogens is 492 g/mol. The number of carbonyl (C=O) groups is 2. The van der Waals surface area contributed by atoms with Crippen LogP contribution in [-0.4, -0.2) is 57.2 Å². The first-order valence-electron chi connectivity index (χ1n) is 12.2. The molecule has 5 rings (SSSR count). The van der Waals surface area contributed by atoms with Crippen LogP contribution in [0.15, 0.2) is 59.4 Å². The fourth-order valence-corrected chi connectivity index (χ4v) is 4.99. The van der Waals surface area contributed by atoms with Gasteiger partial charge in [-0.15, -0.1) is 0 Å². The minimum absolute atomic E-state index is 0.0442. The zero-order valence-electron chi connectivity index (χ0n) is 20.7. The van der Waals surface area contributed by atoms with E-state index in [2.05, 4.69) is 5.10 Å². The van der Waals surface area contributed by atoms with Gasteiger partial charge in [0, 0.05) is 42.5 Å². The first-order valence-corrected chi connectivity index (χ1v) is 12.6. The summed E-state index contributed by atoms with van der Waals surface area (Å²) in [6.07, 6.45) is 0.217. The summed E-state index contributed by atoms with van der Waals surface area (Å²) in [5.74, 6) is -0.307. The van der Waals surface area contributed by atoms with Gasteiger partial charge in [-0.1, -0.05) is 48.9 Å². The van der Waals surface area contributed by atoms with E-state index in [1.807, 2.05) is 30.3 Å². The minimum atomic E-state index is -0.310. The maximum absolute atomic E-state index is 13.8. The van der Waals surface area contributed by atoms with E-state index in [1.54, 1.807) is 43.1 Å². The van der Waals surface area contributed by atoms with Crippen molar-refractivity contribution in [2.45, 2.75) is 19.9 Å². The lowest BCUT2D eigenvalue weighted by Crippen LogP contribution is -2.41. The first kappa shape index (κ1) is 24.9. The molecule has 0 atom stereocenters. The van der Waals surface area contributed by atoms with Gasteiger partial charge in [-0.2, -0.15) is 5.10 Å². The largest absolute Gasteiger partial charge is 0.378 e. The van der Waals surface area contributed by atoms with Gasteiger partial charge in [0.15, 0.2) is 5.78 Å². The monoisotopic (exact) mass is 518 g/mol. The number of aromatic nitrogens is 3. The highest BCUT2D eigenvalue weighted by Crippen LogP contribution is 2.33. The van der Waals surface area contributed by atoms with Gasteiger partial charge in [-0.05, 0) is 35.2 Å². The third-order valence-corrected chi connectivity index (χ3v) is 6.88. The molecule has 1 amide bonds. The molecule has 4 aromatic rings. The fourth-order valence-electron chi connectivity index (χ4n) is 4.82. The van der Waals surface area contributed by atoms with Crippen molar-refractivity contribution in [3.05, 3.63) is 87.1 Å². The van der Waals surface area contributed by atoms with Crippen LogP contribution in [0, 0.1) is 0 Å². The molecule has 2 aromatic carbocycles. The van der Waals surface area contributed by atoms with Crippen LogP contribution in [-0.2, 0) is 18.3 Å². The summed E-state index contributed by atoms with van der Waals surface area (Å²) in [5, 5.41) is 6.09. The van der Waals surface area contributed by atoms with E-state index in [9.17, 15) is 14.4 Å². The molecule has 3 heterocycles. The lowest BCUT2D eigenvalue weighted by Gasteiger charge is -2.26. The topological polar surface area (TPSA) is 86.4 Å². The highest BCUT2D eigenvalue weighted by molar-refractivity contribution is 6.31. The van der Waals surface area contributed by atoms with Gasteiger partial charge in [0.25, 0.3) is 11.5 Å². The number of carbonyl (C=O) groups excluding carboxylic acids is 2. The van der Waals surface area contributed by atoms with E-state index in [0.29, 0.717) is 64.7 Å². The van der Waals surface area contributed by atoms with E-state index in [1.165, 1.54) is 9.25 Å². The molecule has 0 N–H and O–H groups in total. The second kappa shape index (κ2) is 10.3. The Kier molecular flexibility index (Phi) is 6.95. The summed E-state index contributed by atoms with van der Waals surface area (Å²) >= 11 is 6.33. The number of ketones is 1. The molecule has 0 bridgehead atoms. The van der Waals surface area contributed by atoms with E-state index in [-0.39, 0.29) is 30.2 Å². The highest BCUT2D eigenvalue weighted by atomic mass is 35.5. The number of halogens is 1. The second-order valence-electron chi connectivity index (χ2n) is 9.00. The van der Waals surface area contributed by atoms with Crippen molar-refractivity contribution in [1.82, 2.24) is 19.2 Å². The smallest absolute Gasteiger partial charge is 0.272 e. The van der Waals surface area contributed by atoms with Crippen molar-refractivity contribution < 1.29 is 14.3 Å². The van der Waals surface area contributed by atoms with Gasteiger partial charge in [-0.3, -0.25) is 23.6 Å². The van der Waals surface area contributed by atoms with Gasteiger partial charge in [0.2, 0.25) is 0 Å². The summed E-state index contributed by atoms with van der Waals surface area (Å²) < 4.78 is 8.36. The van der Waals surface area contributed by atoms with Crippen LogP contribution in [0.4, 0.5) is 0 Å². The van der Waals surface area contributed by atoms with Crippen LogP contribution in [0.3, 0.4) is 0 Å². The Morgan fingerprint density at radius 2 is 1.76 bits per heavy atom. The summed E-state index contributed by atoms with van der Waals surface area (Å²) in [7, 11) is 1.70. The molecule has 8 nitrogen and oxygen atoms in total. The quantitative estimate of drug-likeness (QED) is 0.358. The molecule has 0 unspecified atom stereocenters. The molecule has 0 saturated carbocycles. The number of morpholine rings is 1. The van der Waals surface area contributed by atoms with Crippen LogP contribution in [0.5, 0.6) is 0 Å². The van der Waals surface area contributed by atoms with Crippen molar-refractivity contribution >= 4 is 34.1 Å². The molecule has 0 radical (unpaired) electrons. The molecule has 1 aliphatic heterocycles. The maximum atomic E-state index is 13.8. The highest BCUT2D eigenvalue weighted by Gasteiger charge is 2.25. The molecule has 190 valence electrons. The van der Waals surface area contributed by atoms with E-state index in [4.69, 9.17) is 16.3 Å². The summed E-state index contributed by atoms with van der Waals surface area (Å²) in [6, 6.07) is 16.3. The normalized spacial score (nSPS) is 13.8. The number of amides is 1. The molecule has 1 fully saturated rings. The lowest BCUT2D eigenvalue weighted by molar-refractivity contribution is 0.0295. The standard InChI is InChI=1S/C28H27ClN4O4/c1-3-24(34)26-25(18-7-5-4-6-8-18)22-15-19(29)9-10-21(22)27(35)33(26)17-20-16-23(31(2)30-20)28(36)32-11-13-37-14-12-32/h4-10,15-16H,3,11-14,17H2,1-2H3. The molecule has 37 heavy (non-hydrogen) atoms. The molecule has 2 aromatic heterocycles. The Morgan fingerprint density at radius 3 is 2.46 bits per heavy atom. The van der Waals surface area contributed by atoms with Crippen molar-refractivity contribution in [2.75, 3.05) is 26.3 Å². The van der Waals surface area contributed by atoms with Gasteiger partial charge in [0.1, 0.15) is 5.69 Å². The first-order chi connectivity index (χ1) is 17.9. The zero-order chi connectivity index (χ0) is 26.1. The number of ether oxygens (including phenoxy) is 1. The molecule has 9 heteroatoms. The zero-order valence-corrected chi connectivity index (χ0v) is 21.5. The number of Topliss-reactive ketones (excluding diaryl/α,β-unsaturated/α-hetero) is 1. The SMILES string of the molecule is CCC(=O)c1c(-c2ccccc2)c2cc(Cl)ccc2c(=O)n1Cc1cc(C(=O)N2CCOCC2)n(C)n1. The number of nitrogens with zero attached hydrogens (tertiary/aromatic N) is 4. The third kappa shape index (κ3) is 4.70. The Morgan fingerprint density at radius 1 is 1.03 bits per heavy atom. The summed E-state index contributed by atoms with van der Waals surface area (Å²) in [6.45, 7) is 3.84. The molecular formula is C28H27ClN4O4. The van der Waals surface area contributed by atoms with E-state index < -0.39 is 0 Å². The predicted molar refractivity (Wildman–Crippen MR) is 142 cm³/mol. The number of hydrogen-bond acceptors (Lipinski definition) is 5. The summed E-state index contributed by atoms with van der Waals surface area (Å²) in [5.41, 5.74) is 2.40. The molecule has 0 aliphatic carbocycles. The molecule has 1 aliphatic rings. The number of rotatable bonds is 6. The van der Waals surface area contributed by atoms with Crippen LogP contribution >= 0.6 is 11.6 Å². The Bertz CT molecular complexity index is 1550. The molecule has 1 saturated heterocycles. The third-order valence-electron chi connectivity index (χ3n) is 6.65. The van der Waals surface area contributed by atoms with E-state index >= 15 is 0 Å². The Labute approximate surface area is 219 Å². The predicted octanol–water partition coefficient (Wildman–Crippen LogP) is 4.17. The van der Waals surface area contributed by atoms with Crippen molar-refractivity contribution in [2.24, 2.45) is 7.05 Å². The Balaban J connectivity index is 1.68. The van der Waals surface area contributed by atoms with Crippen LogP contribution in [0.1, 0.15) is 40.0 Å². The second-order valence-corrected chi connectivity index (χ2v) is 9.43. The number of benzene rings is 2. The van der Waals surface area contributed by atoms with Crippen molar-refractivity contribution in [3.63, 3.8) is 0 Å². The number of aryl methyl sites for hydroxylation is 1. The maximum Gasteiger partial charge on any atom is 0.272 e. The molecule has 0 spiro atoms. The van der Waals surface area contributed by atoms with Crippen molar-refractivity contribution in [1.29, 1.82) is 0 Å². The Hall–Kier alpha value is -3.75. The lowest BCUT2D eigenvalue weighted by atomic mass is 9.94. The average Bonchev–Trinajstić information content (AvgIpc) is 3.29. The van der Waals surface area contributed by atoms with Crippen LogP contribution in [0.25, 0.3) is 21.9 Å². The van der Waals surface area contributed by atoms with Gasteiger partial charge >= 0.3 is 0 Å². The van der Waals surface area contributed by atoms with Gasteiger partial charge in [-0.25, -0.2) is 0 Å². The number of pyridine rings is 1. The van der Waals surface area contributed by atoms with E-state index in [0.717, 1.165) is 5.56 Å². The van der Waals surface area contributed by atoms with Crippen molar-refractivity contribution in [3.8, 4) is 11.1 Å². The number of fused-ring (bicyclic) bond motifs is 1. The average molecular weight is 519 g/mol. The summed E-state index contributed by atoms with van der Waals surface area (Å²) in [4.78, 5) is 42.0.